The molecule has 2 rings (SSSR count). The lowest BCUT2D eigenvalue weighted by Gasteiger charge is -2.26. The minimum atomic E-state index is -0.432. The Morgan fingerprint density at radius 1 is 1.22 bits per heavy atom. The number of hydrogen-bond donors (Lipinski definition) is 1. The molecule has 0 saturated carbocycles. The van der Waals surface area contributed by atoms with Crippen molar-refractivity contribution in [3.63, 3.8) is 0 Å². The predicted molar refractivity (Wildman–Crippen MR) is 78.1 cm³/mol. The van der Waals surface area contributed by atoms with Crippen molar-refractivity contribution in [3.05, 3.63) is 52.2 Å². The number of aliphatic hydroxyl groups excluding tert-OH is 1. The van der Waals surface area contributed by atoms with Crippen molar-refractivity contribution in [1.82, 2.24) is 0 Å². The van der Waals surface area contributed by atoms with Crippen LogP contribution in [0.3, 0.4) is 0 Å². The number of hydrogen-bond acceptors (Lipinski definition) is 3. The average Bonchev–Trinajstić information content (AvgIpc) is 2.88. The van der Waals surface area contributed by atoms with Crippen LogP contribution in [-0.4, -0.2) is 11.7 Å². The maximum Gasteiger partial charge on any atom is 0.0781 e. The normalized spacial score (nSPS) is 12.4. The Bertz CT molecular complexity index is 479. The monoisotopic (exact) mass is 261 g/mol. The van der Waals surface area contributed by atoms with Gasteiger partial charge >= 0.3 is 0 Å². The second-order valence-electron chi connectivity index (χ2n) is 4.33. The van der Waals surface area contributed by atoms with E-state index in [9.17, 15) is 5.11 Å². The average molecular weight is 261 g/mol. The molecule has 1 atom stereocenters. The summed E-state index contributed by atoms with van der Waals surface area (Å²) in [4.78, 5) is 3.64. The van der Waals surface area contributed by atoms with Gasteiger partial charge in [-0.3, -0.25) is 0 Å². The molecule has 1 aromatic carbocycles. The van der Waals surface area contributed by atoms with E-state index in [0.717, 1.165) is 24.3 Å². The van der Waals surface area contributed by atoms with Gasteiger partial charge in [0.1, 0.15) is 0 Å². The molecule has 2 aromatic rings. The first-order valence-corrected chi connectivity index (χ1v) is 7.14. The van der Waals surface area contributed by atoms with E-state index >= 15 is 0 Å². The molecule has 0 aliphatic carbocycles. The molecule has 0 spiro atoms. The second-order valence-corrected chi connectivity index (χ2v) is 5.36. The van der Waals surface area contributed by atoms with Crippen LogP contribution in [0.25, 0.3) is 0 Å². The van der Waals surface area contributed by atoms with Crippen LogP contribution in [-0.2, 0) is 6.54 Å². The molecular weight excluding hydrogens is 242 g/mol. The maximum atomic E-state index is 9.85. The van der Waals surface area contributed by atoms with Crippen molar-refractivity contribution in [3.8, 4) is 0 Å². The van der Waals surface area contributed by atoms with E-state index in [1.807, 2.05) is 25.1 Å². The van der Waals surface area contributed by atoms with Crippen LogP contribution in [0.2, 0.25) is 0 Å². The van der Waals surface area contributed by atoms with E-state index in [4.69, 9.17) is 0 Å². The van der Waals surface area contributed by atoms with Crippen LogP contribution < -0.4 is 4.90 Å². The van der Waals surface area contributed by atoms with Gasteiger partial charge in [-0.25, -0.2) is 0 Å². The fourth-order valence-corrected chi connectivity index (χ4v) is 2.81. The summed E-state index contributed by atoms with van der Waals surface area (Å²) >= 11 is 1.77. The lowest BCUT2D eigenvalue weighted by atomic mass is 10.1. The molecule has 2 nitrogen and oxygen atoms in total. The standard InChI is InChI=1S/C15H19NOS/c1-3-16(11-13-7-6-10-18-13)15-9-5-4-8-14(15)12(2)17/h4-10,12,17H,3,11H2,1-2H3. The molecule has 1 heterocycles. The first-order valence-electron chi connectivity index (χ1n) is 6.26. The molecule has 0 aliphatic heterocycles. The van der Waals surface area contributed by atoms with Gasteiger partial charge in [-0.15, -0.1) is 11.3 Å². The van der Waals surface area contributed by atoms with Gasteiger partial charge in [0, 0.05) is 22.7 Å². The van der Waals surface area contributed by atoms with E-state index in [2.05, 4.69) is 35.4 Å². The van der Waals surface area contributed by atoms with Crippen LogP contribution in [0.5, 0.6) is 0 Å². The van der Waals surface area contributed by atoms with Crippen molar-refractivity contribution in [2.45, 2.75) is 26.5 Å². The molecule has 0 fully saturated rings. The van der Waals surface area contributed by atoms with E-state index in [-0.39, 0.29) is 0 Å². The zero-order chi connectivity index (χ0) is 13.0. The van der Waals surface area contributed by atoms with E-state index in [1.54, 1.807) is 11.3 Å². The lowest BCUT2D eigenvalue weighted by molar-refractivity contribution is 0.199. The highest BCUT2D eigenvalue weighted by atomic mass is 32.1. The summed E-state index contributed by atoms with van der Waals surface area (Å²) in [6, 6.07) is 12.3. The van der Waals surface area contributed by atoms with E-state index in [1.165, 1.54) is 4.88 Å². The highest BCUT2D eigenvalue weighted by molar-refractivity contribution is 7.09. The smallest absolute Gasteiger partial charge is 0.0781 e. The number of benzene rings is 1. The minimum Gasteiger partial charge on any atom is -0.389 e. The van der Waals surface area contributed by atoms with Crippen molar-refractivity contribution in [2.75, 3.05) is 11.4 Å². The molecule has 1 aromatic heterocycles. The molecule has 0 amide bonds. The zero-order valence-electron chi connectivity index (χ0n) is 10.8. The molecule has 1 unspecified atom stereocenters. The molecule has 0 bridgehead atoms. The topological polar surface area (TPSA) is 23.5 Å². The van der Waals surface area contributed by atoms with Gasteiger partial charge in [-0.05, 0) is 31.4 Å². The molecule has 3 heteroatoms. The number of aliphatic hydroxyl groups is 1. The van der Waals surface area contributed by atoms with Gasteiger partial charge in [-0.2, -0.15) is 0 Å². The van der Waals surface area contributed by atoms with Gasteiger partial charge in [0.15, 0.2) is 0 Å². The van der Waals surface area contributed by atoms with Gasteiger partial charge in [0.25, 0.3) is 0 Å². The number of nitrogens with zero attached hydrogens (tertiary/aromatic N) is 1. The molecule has 96 valence electrons. The Balaban J connectivity index is 2.27. The van der Waals surface area contributed by atoms with Crippen LogP contribution in [0.15, 0.2) is 41.8 Å². The Morgan fingerprint density at radius 3 is 2.61 bits per heavy atom. The first kappa shape index (κ1) is 13.1. The van der Waals surface area contributed by atoms with Crippen LogP contribution >= 0.6 is 11.3 Å². The first-order chi connectivity index (χ1) is 8.72. The number of anilines is 1. The van der Waals surface area contributed by atoms with Crippen LogP contribution in [0.1, 0.15) is 30.4 Å². The third-order valence-electron chi connectivity index (χ3n) is 3.04. The van der Waals surface area contributed by atoms with Gasteiger partial charge in [0.05, 0.1) is 12.6 Å². The second kappa shape index (κ2) is 6.03. The van der Waals surface area contributed by atoms with Crippen molar-refractivity contribution < 1.29 is 5.11 Å². The summed E-state index contributed by atoms with van der Waals surface area (Å²) in [5.41, 5.74) is 2.12. The Labute approximate surface area is 113 Å². The van der Waals surface area contributed by atoms with Gasteiger partial charge in [-0.1, -0.05) is 24.3 Å². The zero-order valence-corrected chi connectivity index (χ0v) is 11.7. The van der Waals surface area contributed by atoms with Gasteiger partial charge < -0.3 is 10.0 Å². The predicted octanol–water partition coefficient (Wildman–Crippen LogP) is 3.83. The molecular formula is C15H19NOS. The minimum absolute atomic E-state index is 0.432. The number of para-hydroxylation sites is 1. The molecule has 0 radical (unpaired) electrons. The number of rotatable bonds is 5. The van der Waals surface area contributed by atoms with Crippen molar-refractivity contribution in [2.24, 2.45) is 0 Å². The summed E-state index contributed by atoms with van der Waals surface area (Å²) in [6.45, 7) is 5.80. The quantitative estimate of drug-likeness (QED) is 0.884. The lowest BCUT2D eigenvalue weighted by Crippen LogP contribution is -2.23. The highest BCUT2D eigenvalue weighted by Crippen LogP contribution is 2.27. The Morgan fingerprint density at radius 2 is 2.00 bits per heavy atom. The van der Waals surface area contributed by atoms with Crippen LogP contribution in [0.4, 0.5) is 5.69 Å². The molecule has 0 saturated heterocycles. The van der Waals surface area contributed by atoms with Gasteiger partial charge in [0.2, 0.25) is 0 Å². The highest BCUT2D eigenvalue weighted by Gasteiger charge is 2.13. The Kier molecular flexibility index (Phi) is 4.39. The van der Waals surface area contributed by atoms with E-state index in [0.29, 0.717) is 0 Å². The summed E-state index contributed by atoms with van der Waals surface area (Å²) in [5.74, 6) is 0. The summed E-state index contributed by atoms with van der Waals surface area (Å²) in [6.07, 6.45) is -0.432. The summed E-state index contributed by atoms with van der Waals surface area (Å²) < 4.78 is 0. The van der Waals surface area contributed by atoms with Crippen LogP contribution in [0, 0.1) is 0 Å². The fourth-order valence-electron chi connectivity index (χ4n) is 2.09. The SMILES string of the molecule is CCN(Cc1cccs1)c1ccccc1C(C)O. The van der Waals surface area contributed by atoms with Crippen molar-refractivity contribution in [1.29, 1.82) is 0 Å². The number of thiophene rings is 1. The summed E-state index contributed by atoms with van der Waals surface area (Å²) in [7, 11) is 0. The largest absolute Gasteiger partial charge is 0.389 e. The third kappa shape index (κ3) is 2.92. The molecule has 1 N–H and O–H groups in total. The maximum absolute atomic E-state index is 9.85. The van der Waals surface area contributed by atoms with E-state index < -0.39 is 6.10 Å². The molecule has 18 heavy (non-hydrogen) atoms. The van der Waals surface area contributed by atoms with Crippen molar-refractivity contribution >= 4 is 17.0 Å². The summed E-state index contributed by atoms with van der Waals surface area (Å²) in [5, 5.41) is 12.0. The molecule has 0 aliphatic rings. The third-order valence-corrected chi connectivity index (χ3v) is 3.90. The fraction of sp³-hybridized carbons (Fsp3) is 0.333. The Hall–Kier alpha value is -1.32.